The van der Waals surface area contributed by atoms with Crippen LogP contribution in [0.3, 0.4) is 0 Å². The number of aromatic nitrogens is 1. The van der Waals surface area contributed by atoms with Crippen molar-refractivity contribution in [2.75, 3.05) is 11.9 Å². The molecule has 0 aliphatic rings. The van der Waals surface area contributed by atoms with Gasteiger partial charge in [0.25, 0.3) is 5.91 Å². The van der Waals surface area contributed by atoms with Gasteiger partial charge in [0.1, 0.15) is 5.75 Å². The number of carbonyl (C=O) groups excluding carboxylic acids is 1. The van der Waals surface area contributed by atoms with Crippen molar-refractivity contribution < 1.29 is 9.53 Å². The van der Waals surface area contributed by atoms with Crippen molar-refractivity contribution in [1.82, 2.24) is 4.98 Å². The summed E-state index contributed by atoms with van der Waals surface area (Å²) in [4.78, 5) is 16.5. The number of ether oxygens (including phenoxy) is 1. The molecule has 0 aliphatic carbocycles. The summed E-state index contributed by atoms with van der Waals surface area (Å²) in [5, 5.41) is 6.04. The van der Waals surface area contributed by atoms with Gasteiger partial charge in [0.2, 0.25) is 0 Å². The molecule has 2 aromatic carbocycles. The number of benzene rings is 2. The van der Waals surface area contributed by atoms with Gasteiger partial charge in [-0.3, -0.25) is 10.1 Å². The van der Waals surface area contributed by atoms with Crippen molar-refractivity contribution in [2.45, 2.75) is 6.92 Å². The summed E-state index contributed by atoms with van der Waals surface area (Å²) in [7, 11) is 0. The Morgan fingerprint density at radius 2 is 2.00 bits per heavy atom. The fourth-order valence-electron chi connectivity index (χ4n) is 2.24. The molecule has 3 rings (SSSR count). The Kier molecular flexibility index (Phi) is 5.58. The number of anilines is 1. The van der Waals surface area contributed by atoms with Crippen molar-refractivity contribution in [3.05, 3.63) is 63.5 Å². The van der Waals surface area contributed by atoms with Gasteiger partial charge in [0, 0.05) is 16.0 Å². The number of aryl methyl sites for hydroxylation is 1. The standard InChI is InChI=1S/C18H14Cl2N2O2S/c1-11-7-13(19)8-14(20)17(11)24-9-16(23)22-18-21-15(10-25-18)12-5-3-2-4-6-12/h2-8,10H,9H2,1H3,(H,21,22,23). The lowest BCUT2D eigenvalue weighted by atomic mass is 10.2. The van der Waals surface area contributed by atoms with Crippen LogP contribution in [0.25, 0.3) is 11.3 Å². The molecule has 25 heavy (non-hydrogen) atoms. The van der Waals surface area contributed by atoms with Gasteiger partial charge in [-0.15, -0.1) is 11.3 Å². The first-order chi connectivity index (χ1) is 12.0. The highest BCUT2D eigenvalue weighted by atomic mass is 35.5. The lowest BCUT2D eigenvalue weighted by molar-refractivity contribution is -0.118. The number of nitrogens with zero attached hydrogens (tertiary/aromatic N) is 1. The SMILES string of the molecule is Cc1cc(Cl)cc(Cl)c1OCC(=O)Nc1nc(-c2ccccc2)cs1. The van der Waals surface area contributed by atoms with Gasteiger partial charge in [0.05, 0.1) is 10.7 Å². The Morgan fingerprint density at radius 1 is 1.24 bits per heavy atom. The number of halogens is 2. The Morgan fingerprint density at radius 3 is 2.72 bits per heavy atom. The number of nitrogens with one attached hydrogen (secondary N) is 1. The van der Waals surface area contributed by atoms with Gasteiger partial charge in [-0.05, 0) is 24.6 Å². The molecule has 0 saturated heterocycles. The smallest absolute Gasteiger partial charge is 0.264 e. The van der Waals surface area contributed by atoms with E-state index < -0.39 is 0 Å². The first-order valence-electron chi connectivity index (χ1n) is 7.42. The van der Waals surface area contributed by atoms with Crippen molar-refractivity contribution in [2.24, 2.45) is 0 Å². The first kappa shape index (κ1) is 17.7. The van der Waals surface area contributed by atoms with E-state index in [0.717, 1.165) is 16.8 Å². The number of thiazole rings is 1. The molecular weight excluding hydrogens is 379 g/mol. The summed E-state index contributed by atoms with van der Waals surface area (Å²) in [6.07, 6.45) is 0. The molecule has 4 nitrogen and oxygen atoms in total. The summed E-state index contributed by atoms with van der Waals surface area (Å²) >= 11 is 13.4. The van der Waals surface area contributed by atoms with Gasteiger partial charge in [-0.2, -0.15) is 0 Å². The minimum atomic E-state index is -0.306. The molecule has 0 atom stereocenters. The average molecular weight is 393 g/mol. The predicted octanol–water partition coefficient (Wildman–Crippen LogP) is 5.44. The number of amides is 1. The zero-order valence-electron chi connectivity index (χ0n) is 13.3. The molecular formula is C18H14Cl2N2O2S. The van der Waals surface area contributed by atoms with Gasteiger partial charge in [0.15, 0.2) is 11.7 Å². The molecule has 3 aromatic rings. The highest BCUT2D eigenvalue weighted by molar-refractivity contribution is 7.14. The zero-order chi connectivity index (χ0) is 17.8. The zero-order valence-corrected chi connectivity index (χ0v) is 15.6. The topological polar surface area (TPSA) is 51.2 Å². The van der Waals surface area contributed by atoms with Crippen molar-refractivity contribution >= 4 is 45.6 Å². The van der Waals surface area contributed by atoms with Gasteiger partial charge in [-0.1, -0.05) is 53.5 Å². The normalized spacial score (nSPS) is 10.5. The lowest BCUT2D eigenvalue weighted by Crippen LogP contribution is -2.20. The van der Waals surface area contributed by atoms with Gasteiger partial charge >= 0.3 is 0 Å². The van der Waals surface area contributed by atoms with Crippen molar-refractivity contribution in [3.8, 4) is 17.0 Å². The van der Waals surface area contributed by atoms with E-state index >= 15 is 0 Å². The fourth-order valence-corrected chi connectivity index (χ4v) is 3.62. The van der Waals surface area contributed by atoms with E-state index in [2.05, 4.69) is 10.3 Å². The summed E-state index contributed by atoms with van der Waals surface area (Å²) in [5.41, 5.74) is 2.59. The third kappa shape index (κ3) is 4.51. The van der Waals surface area contributed by atoms with Crippen LogP contribution in [-0.4, -0.2) is 17.5 Å². The number of carbonyl (C=O) groups is 1. The Balaban J connectivity index is 1.61. The Labute approximate surface area is 159 Å². The van der Waals surface area contributed by atoms with Crippen LogP contribution in [0.1, 0.15) is 5.56 Å². The first-order valence-corrected chi connectivity index (χ1v) is 9.06. The maximum atomic E-state index is 12.1. The van der Waals surface area contributed by atoms with E-state index in [1.165, 1.54) is 11.3 Å². The van der Waals surface area contributed by atoms with Crippen LogP contribution >= 0.6 is 34.5 Å². The summed E-state index contributed by atoms with van der Waals surface area (Å²) in [5.74, 6) is 0.143. The molecule has 0 spiro atoms. The second-order valence-electron chi connectivity index (χ2n) is 5.27. The van der Waals surface area contributed by atoms with Crippen LogP contribution in [-0.2, 0) is 4.79 Å². The number of hydrogen-bond acceptors (Lipinski definition) is 4. The lowest BCUT2D eigenvalue weighted by Gasteiger charge is -2.10. The molecule has 0 unspecified atom stereocenters. The third-order valence-corrected chi connectivity index (χ3v) is 4.62. The van der Waals surface area contributed by atoms with E-state index in [-0.39, 0.29) is 12.5 Å². The second-order valence-corrected chi connectivity index (χ2v) is 6.98. The molecule has 7 heteroatoms. The molecule has 0 saturated carbocycles. The molecule has 1 amide bonds. The van der Waals surface area contributed by atoms with E-state index in [1.54, 1.807) is 12.1 Å². The highest BCUT2D eigenvalue weighted by Gasteiger charge is 2.12. The number of hydrogen-bond donors (Lipinski definition) is 1. The molecule has 128 valence electrons. The molecule has 1 aromatic heterocycles. The number of rotatable bonds is 5. The van der Waals surface area contributed by atoms with E-state index in [9.17, 15) is 4.79 Å². The minimum absolute atomic E-state index is 0.164. The summed E-state index contributed by atoms with van der Waals surface area (Å²) < 4.78 is 5.52. The maximum absolute atomic E-state index is 12.1. The van der Waals surface area contributed by atoms with Crippen LogP contribution in [0.2, 0.25) is 10.0 Å². The molecule has 0 aliphatic heterocycles. The average Bonchev–Trinajstić information content (AvgIpc) is 3.03. The predicted molar refractivity (Wildman–Crippen MR) is 103 cm³/mol. The Hall–Kier alpha value is -2.08. The Bertz CT molecular complexity index is 874. The van der Waals surface area contributed by atoms with Crippen LogP contribution < -0.4 is 10.1 Å². The maximum Gasteiger partial charge on any atom is 0.264 e. The highest BCUT2D eigenvalue weighted by Crippen LogP contribution is 2.32. The van der Waals surface area contributed by atoms with Gasteiger partial charge in [-0.25, -0.2) is 4.98 Å². The van der Waals surface area contributed by atoms with Crippen LogP contribution in [0.5, 0.6) is 5.75 Å². The van der Waals surface area contributed by atoms with E-state index in [0.29, 0.717) is 20.9 Å². The van der Waals surface area contributed by atoms with Crippen molar-refractivity contribution in [1.29, 1.82) is 0 Å². The molecule has 0 fully saturated rings. The fraction of sp³-hybridized carbons (Fsp3) is 0.111. The van der Waals surface area contributed by atoms with Crippen LogP contribution in [0, 0.1) is 6.92 Å². The molecule has 0 radical (unpaired) electrons. The van der Waals surface area contributed by atoms with Crippen LogP contribution in [0.15, 0.2) is 47.8 Å². The summed E-state index contributed by atoms with van der Waals surface area (Å²) in [6.45, 7) is 1.65. The monoisotopic (exact) mass is 392 g/mol. The largest absolute Gasteiger partial charge is 0.482 e. The molecule has 0 bridgehead atoms. The molecule has 1 N–H and O–H groups in total. The quantitative estimate of drug-likeness (QED) is 0.628. The van der Waals surface area contributed by atoms with E-state index in [1.807, 2.05) is 42.6 Å². The molecule has 1 heterocycles. The van der Waals surface area contributed by atoms with Crippen molar-refractivity contribution in [3.63, 3.8) is 0 Å². The van der Waals surface area contributed by atoms with Gasteiger partial charge < -0.3 is 4.74 Å². The second kappa shape index (κ2) is 7.87. The van der Waals surface area contributed by atoms with Crippen LogP contribution in [0.4, 0.5) is 5.13 Å². The minimum Gasteiger partial charge on any atom is -0.482 e. The summed E-state index contributed by atoms with van der Waals surface area (Å²) in [6, 6.07) is 13.1. The van der Waals surface area contributed by atoms with E-state index in [4.69, 9.17) is 27.9 Å². The third-order valence-electron chi connectivity index (χ3n) is 3.36.